The number of hydrogen-bond acceptors (Lipinski definition) is 5. The van der Waals surface area contributed by atoms with Gasteiger partial charge in [-0.3, -0.25) is 14.5 Å². The van der Waals surface area contributed by atoms with Gasteiger partial charge in [0.25, 0.3) is 5.91 Å². The number of halogens is 1. The number of hydrogen-bond donors (Lipinski definition) is 2. The number of imide groups is 1. The Kier molecular flexibility index (Phi) is 4.57. The highest BCUT2D eigenvalue weighted by molar-refractivity contribution is 6.09. The normalized spacial score (nSPS) is 20.0. The molecule has 0 spiro atoms. The number of rotatable bonds is 5. The summed E-state index contributed by atoms with van der Waals surface area (Å²) in [4.78, 5) is 38.4. The molecule has 4 amide bonds. The van der Waals surface area contributed by atoms with Gasteiger partial charge in [-0.1, -0.05) is 18.2 Å². The molecule has 1 atom stereocenters. The fraction of sp³-hybridized carbons (Fsp3) is 0.250. The van der Waals surface area contributed by atoms with Crippen molar-refractivity contribution in [1.82, 2.24) is 15.5 Å². The second kappa shape index (κ2) is 7.08. The van der Waals surface area contributed by atoms with Crippen LogP contribution in [0.25, 0.3) is 0 Å². The van der Waals surface area contributed by atoms with E-state index in [4.69, 9.17) is 9.47 Å². The molecule has 150 valence electrons. The quantitative estimate of drug-likeness (QED) is 0.745. The summed E-state index contributed by atoms with van der Waals surface area (Å²) in [6.07, 6.45) is 0. The molecule has 4 rings (SSSR count). The monoisotopic (exact) mass is 399 g/mol. The number of benzene rings is 2. The summed E-state index contributed by atoms with van der Waals surface area (Å²) < 4.78 is 23.5. The summed E-state index contributed by atoms with van der Waals surface area (Å²) in [6, 6.07) is 9.97. The molecule has 0 bridgehead atoms. The number of fused-ring (bicyclic) bond motifs is 1. The Morgan fingerprint density at radius 2 is 1.90 bits per heavy atom. The fourth-order valence-electron chi connectivity index (χ4n) is 3.25. The van der Waals surface area contributed by atoms with Crippen molar-refractivity contribution < 1.29 is 28.2 Å². The van der Waals surface area contributed by atoms with Crippen molar-refractivity contribution in [2.45, 2.75) is 19.0 Å². The van der Waals surface area contributed by atoms with Gasteiger partial charge in [0.2, 0.25) is 12.7 Å². The number of carbonyl (C=O) groups excluding carboxylic acids is 3. The van der Waals surface area contributed by atoms with E-state index < -0.39 is 29.9 Å². The second-order valence-electron chi connectivity index (χ2n) is 6.92. The third kappa shape index (κ3) is 3.46. The third-order valence-corrected chi connectivity index (χ3v) is 4.93. The first-order valence-corrected chi connectivity index (χ1v) is 8.92. The summed E-state index contributed by atoms with van der Waals surface area (Å²) in [6.45, 7) is 1.39. The predicted octanol–water partition coefficient (Wildman–Crippen LogP) is 1.64. The maximum absolute atomic E-state index is 12.9. The molecule has 2 heterocycles. The topological polar surface area (TPSA) is 97.0 Å². The minimum atomic E-state index is -1.32. The predicted molar refractivity (Wildman–Crippen MR) is 98.4 cm³/mol. The van der Waals surface area contributed by atoms with Crippen LogP contribution < -0.4 is 20.1 Å². The van der Waals surface area contributed by atoms with E-state index in [0.29, 0.717) is 22.6 Å². The lowest BCUT2D eigenvalue weighted by molar-refractivity contribution is -0.134. The first-order valence-electron chi connectivity index (χ1n) is 8.92. The molecule has 0 aromatic heterocycles. The van der Waals surface area contributed by atoms with E-state index in [1.807, 2.05) is 0 Å². The van der Waals surface area contributed by atoms with E-state index >= 15 is 0 Å². The Morgan fingerprint density at radius 1 is 1.17 bits per heavy atom. The molecule has 2 aliphatic rings. The summed E-state index contributed by atoms with van der Waals surface area (Å²) >= 11 is 0. The number of ether oxygens (including phenoxy) is 2. The van der Waals surface area contributed by atoms with E-state index in [9.17, 15) is 18.8 Å². The average molecular weight is 399 g/mol. The van der Waals surface area contributed by atoms with Gasteiger partial charge in [-0.25, -0.2) is 9.18 Å². The fourth-order valence-corrected chi connectivity index (χ4v) is 3.25. The van der Waals surface area contributed by atoms with Gasteiger partial charge in [-0.05, 0) is 42.3 Å². The van der Waals surface area contributed by atoms with Gasteiger partial charge in [0.1, 0.15) is 17.9 Å². The number of urea groups is 1. The van der Waals surface area contributed by atoms with Gasteiger partial charge in [0.15, 0.2) is 11.5 Å². The molecule has 0 aliphatic carbocycles. The van der Waals surface area contributed by atoms with Crippen LogP contribution in [0.3, 0.4) is 0 Å². The SMILES string of the molecule is C[C@@]1(c2ccc3c(c2)OCO3)NC(=O)N(CC(=O)NCc2ccc(F)cc2)C1=O. The van der Waals surface area contributed by atoms with Crippen molar-refractivity contribution in [3.05, 3.63) is 59.4 Å². The van der Waals surface area contributed by atoms with Crippen LogP contribution >= 0.6 is 0 Å². The molecule has 9 heteroatoms. The molecule has 0 saturated carbocycles. The van der Waals surface area contributed by atoms with Crippen molar-refractivity contribution in [3.63, 3.8) is 0 Å². The van der Waals surface area contributed by atoms with Crippen LogP contribution in [0.2, 0.25) is 0 Å². The lowest BCUT2D eigenvalue weighted by Gasteiger charge is -2.22. The smallest absolute Gasteiger partial charge is 0.325 e. The molecule has 2 aromatic rings. The Morgan fingerprint density at radius 3 is 2.66 bits per heavy atom. The zero-order chi connectivity index (χ0) is 20.6. The zero-order valence-electron chi connectivity index (χ0n) is 15.5. The molecule has 0 unspecified atom stereocenters. The van der Waals surface area contributed by atoms with Crippen LogP contribution in [0.4, 0.5) is 9.18 Å². The summed E-state index contributed by atoms with van der Waals surface area (Å²) in [5, 5.41) is 5.26. The van der Waals surface area contributed by atoms with E-state index in [1.54, 1.807) is 37.3 Å². The zero-order valence-corrected chi connectivity index (χ0v) is 15.5. The van der Waals surface area contributed by atoms with Crippen molar-refractivity contribution in [2.75, 3.05) is 13.3 Å². The summed E-state index contributed by atoms with van der Waals surface area (Å²) in [7, 11) is 0. The largest absolute Gasteiger partial charge is 0.454 e. The Hall–Kier alpha value is -3.62. The van der Waals surface area contributed by atoms with Crippen LogP contribution in [0.15, 0.2) is 42.5 Å². The van der Waals surface area contributed by atoms with Gasteiger partial charge >= 0.3 is 6.03 Å². The molecule has 8 nitrogen and oxygen atoms in total. The van der Waals surface area contributed by atoms with E-state index in [2.05, 4.69) is 10.6 Å². The molecule has 1 saturated heterocycles. The van der Waals surface area contributed by atoms with E-state index in [1.165, 1.54) is 12.1 Å². The standard InChI is InChI=1S/C20H18FN3O5/c1-20(13-4-7-15-16(8-13)29-11-28-15)18(26)24(19(27)23-20)10-17(25)22-9-12-2-5-14(21)6-3-12/h2-8H,9-11H2,1H3,(H,22,25)(H,23,27)/t20-/m0/s1. The van der Waals surface area contributed by atoms with Crippen LogP contribution in [-0.2, 0) is 21.7 Å². The number of nitrogens with one attached hydrogen (secondary N) is 2. The van der Waals surface area contributed by atoms with Crippen LogP contribution in [-0.4, -0.2) is 36.1 Å². The lowest BCUT2D eigenvalue weighted by Crippen LogP contribution is -2.43. The molecule has 29 heavy (non-hydrogen) atoms. The Balaban J connectivity index is 1.43. The van der Waals surface area contributed by atoms with Gasteiger partial charge in [-0.15, -0.1) is 0 Å². The third-order valence-electron chi connectivity index (χ3n) is 4.93. The minimum absolute atomic E-state index is 0.0934. The molecule has 1 fully saturated rings. The molecular formula is C20H18FN3O5. The van der Waals surface area contributed by atoms with Crippen molar-refractivity contribution >= 4 is 17.8 Å². The highest BCUT2D eigenvalue weighted by Crippen LogP contribution is 2.37. The van der Waals surface area contributed by atoms with Gasteiger partial charge in [0.05, 0.1) is 0 Å². The molecule has 2 aliphatic heterocycles. The highest BCUT2D eigenvalue weighted by atomic mass is 19.1. The minimum Gasteiger partial charge on any atom is -0.454 e. The Labute approximate surface area is 165 Å². The van der Waals surface area contributed by atoms with Crippen LogP contribution in [0.1, 0.15) is 18.1 Å². The van der Waals surface area contributed by atoms with Crippen molar-refractivity contribution in [1.29, 1.82) is 0 Å². The molecule has 2 aromatic carbocycles. The lowest BCUT2D eigenvalue weighted by atomic mass is 9.91. The molecule has 0 radical (unpaired) electrons. The number of nitrogens with zero attached hydrogens (tertiary/aromatic N) is 1. The second-order valence-corrected chi connectivity index (χ2v) is 6.92. The Bertz CT molecular complexity index is 994. The van der Waals surface area contributed by atoms with Crippen LogP contribution in [0.5, 0.6) is 11.5 Å². The van der Waals surface area contributed by atoms with Crippen LogP contribution in [0, 0.1) is 5.82 Å². The van der Waals surface area contributed by atoms with E-state index in [-0.39, 0.29) is 19.2 Å². The summed E-state index contributed by atoms with van der Waals surface area (Å²) in [5.41, 5.74) is -0.105. The first kappa shape index (κ1) is 18.7. The van der Waals surface area contributed by atoms with Gasteiger partial charge in [-0.2, -0.15) is 0 Å². The van der Waals surface area contributed by atoms with Gasteiger partial charge in [0, 0.05) is 6.54 Å². The average Bonchev–Trinajstić information content (AvgIpc) is 3.26. The highest BCUT2D eigenvalue weighted by Gasteiger charge is 2.49. The van der Waals surface area contributed by atoms with Crippen molar-refractivity contribution in [3.8, 4) is 11.5 Å². The molecule has 2 N–H and O–H groups in total. The number of carbonyl (C=O) groups is 3. The van der Waals surface area contributed by atoms with Gasteiger partial charge < -0.3 is 20.1 Å². The maximum atomic E-state index is 12.9. The molecular weight excluding hydrogens is 381 g/mol. The summed E-state index contributed by atoms with van der Waals surface area (Å²) in [5.74, 6) is -0.374. The van der Waals surface area contributed by atoms with E-state index in [0.717, 1.165) is 4.90 Å². The first-order chi connectivity index (χ1) is 13.9. The maximum Gasteiger partial charge on any atom is 0.325 e. The van der Waals surface area contributed by atoms with Crippen molar-refractivity contribution in [2.24, 2.45) is 0 Å². The number of amides is 4.